The van der Waals surface area contributed by atoms with Crippen LogP contribution in [0.3, 0.4) is 0 Å². The molecule has 1 aromatic carbocycles. The molecular formula is C16H15NO2. The van der Waals surface area contributed by atoms with E-state index >= 15 is 0 Å². The van der Waals surface area contributed by atoms with Crippen LogP contribution in [0, 0.1) is 6.92 Å². The summed E-state index contributed by atoms with van der Waals surface area (Å²) in [7, 11) is 0. The standard InChI is InChI=1S/C16H15NO2/c1-12-2-7-16(19-12)11-14-5-3-13(4-6-14)10-15-8-9-18-17-15/h2-9H,10-11H2,1H3. The molecule has 3 nitrogen and oxygen atoms in total. The van der Waals surface area contributed by atoms with Gasteiger partial charge in [-0.25, -0.2) is 0 Å². The normalized spacial score (nSPS) is 10.8. The van der Waals surface area contributed by atoms with E-state index in [0.29, 0.717) is 0 Å². The molecule has 96 valence electrons. The van der Waals surface area contributed by atoms with Crippen LogP contribution in [0.5, 0.6) is 0 Å². The van der Waals surface area contributed by atoms with Crippen molar-refractivity contribution in [2.75, 3.05) is 0 Å². The van der Waals surface area contributed by atoms with Gasteiger partial charge >= 0.3 is 0 Å². The summed E-state index contributed by atoms with van der Waals surface area (Å²) in [6, 6.07) is 14.4. The third kappa shape index (κ3) is 2.94. The van der Waals surface area contributed by atoms with Crippen molar-refractivity contribution in [1.82, 2.24) is 5.16 Å². The molecule has 0 N–H and O–H groups in total. The molecule has 0 radical (unpaired) electrons. The lowest BCUT2D eigenvalue weighted by molar-refractivity contribution is 0.413. The maximum Gasteiger partial charge on any atom is 0.124 e. The van der Waals surface area contributed by atoms with E-state index in [1.807, 2.05) is 25.1 Å². The summed E-state index contributed by atoms with van der Waals surface area (Å²) in [5.74, 6) is 1.96. The summed E-state index contributed by atoms with van der Waals surface area (Å²) in [5, 5.41) is 3.91. The lowest BCUT2D eigenvalue weighted by atomic mass is 10.0. The molecule has 0 aliphatic rings. The van der Waals surface area contributed by atoms with Crippen LogP contribution in [-0.4, -0.2) is 5.16 Å². The van der Waals surface area contributed by atoms with Crippen LogP contribution in [0.25, 0.3) is 0 Å². The number of nitrogens with zero attached hydrogens (tertiary/aromatic N) is 1. The van der Waals surface area contributed by atoms with Crippen LogP contribution in [0.1, 0.15) is 28.3 Å². The highest BCUT2D eigenvalue weighted by Crippen LogP contribution is 2.15. The highest BCUT2D eigenvalue weighted by molar-refractivity contribution is 5.28. The molecule has 0 saturated carbocycles. The lowest BCUT2D eigenvalue weighted by Gasteiger charge is -2.01. The molecule has 2 heterocycles. The lowest BCUT2D eigenvalue weighted by Crippen LogP contribution is -1.90. The van der Waals surface area contributed by atoms with E-state index in [1.54, 1.807) is 6.26 Å². The van der Waals surface area contributed by atoms with Gasteiger partial charge in [-0.05, 0) is 30.2 Å². The van der Waals surface area contributed by atoms with Crippen molar-refractivity contribution in [3.63, 3.8) is 0 Å². The van der Waals surface area contributed by atoms with Gasteiger partial charge in [-0.1, -0.05) is 29.4 Å². The number of hydrogen-bond acceptors (Lipinski definition) is 3. The molecule has 0 fully saturated rings. The van der Waals surface area contributed by atoms with Gasteiger partial charge in [0.15, 0.2) is 0 Å². The molecule has 0 amide bonds. The Morgan fingerprint density at radius 2 is 1.63 bits per heavy atom. The van der Waals surface area contributed by atoms with E-state index in [2.05, 4.69) is 29.4 Å². The van der Waals surface area contributed by atoms with Crippen LogP contribution >= 0.6 is 0 Å². The highest BCUT2D eigenvalue weighted by Gasteiger charge is 2.02. The number of furan rings is 1. The third-order valence-electron chi connectivity index (χ3n) is 3.07. The minimum absolute atomic E-state index is 0.802. The van der Waals surface area contributed by atoms with Crippen LogP contribution in [0.15, 0.2) is 57.7 Å². The van der Waals surface area contributed by atoms with Gasteiger partial charge in [0.2, 0.25) is 0 Å². The minimum Gasteiger partial charge on any atom is -0.466 e. The topological polar surface area (TPSA) is 39.2 Å². The highest BCUT2D eigenvalue weighted by atomic mass is 16.5. The molecule has 3 aromatic rings. The van der Waals surface area contributed by atoms with Crippen molar-refractivity contribution in [2.24, 2.45) is 0 Å². The molecule has 0 aliphatic carbocycles. The number of aromatic nitrogens is 1. The molecule has 19 heavy (non-hydrogen) atoms. The van der Waals surface area contributed by atoms with Gasteiger partial charge in [-0.2, -0.15) is 0 Å². The SMILES string of the molecule is Cc1ccc(Cc2ccc(Cc3ccon3)cc2)o1. The first-order valence-corrected chi connectivity index (χ1v) is 6.32. The van der Waals surface area contributed by atoms with Gasteiger partial charge < -0.3 is 8.94 Å². The molecule has 0 bridgehead atoms. The number of hydrogen-bond donors (Lipinski definition) is 0. The van der Waals surface area contributed by atoms with Crippen LogP contribution in [0.4, 0.5) is 0 Å². The van der Waals surface area contributed by atoms with Crippen molar-refractivity contribution in [3.05, 3.63) is 77.1 Å². The minimum atomic E-state index is 0.802. The molecule has 2 aromatic heterocycles. The molecule has 0 atom stereocenters. The monoisotopic (exact) mass is 253 g/mol. The first-order valence-electron chi connectivity index (χ1n) is 6.32. The number of aryl methyl sites for hydroxylation is 1. The Kier molecular flexibility index (Phi) is 3.19. The molecule has 0 saturated heterocycles. The zero-order valence-corrected chi connectivity index (χ0v) is 10.8. The Labute approximate surface area is 111 Å². The van der Waals surface area contributed by atoms with Crippen molar-refractivity contribution >= 4 is 0 Å². The largest absolute Gasteiger partial charge is 0.466 e. The summed E-state index contributed by atoms with van der Waals surface area (Å²) in [4.78, 5) is 0. The molecule has 3 rings (SSSR count). The Hall–Kier alpha value is -2.29. The predicted octanol–water partition coefficient (Wildman–Crippen LogP) is 3.76. The fraction of sp³-hybridized carbons (Fsp3) is 0.188. The van der Waals surface area contributed by atoms with Crippen LogP contribution < -0.4 is 0 Å². The average Bonchev–Trinajstić information content (AvgIpc) is 3.04. The quantitative estimate of drug-likeness (QED) is 0.710. The van der Waals surface area contributed by atoms with E-state index < -0.39 is 0 Å². The van der Waals surface area contributed by atoms with Gasteiger partial charge in [-0.3, -0.25) is 0 Å². The van der Waals surface area contributed by atoms with Gasteiger partial charge in [0.1, 0.15) is 17.8 Å². The maximum atomic E-state index is 5.58. The molecular weight excluding hydrogens is 238 g/mol. The predicted molar refractivity (Wildman–Crippen MR) is 72.0 cm³/mol. The molecule has 0 unspecified atom stereocenters. The summed E-state index contributed by atoms with van der Waals surface area (Å²) in [6.45, 7) is 1.96. The van der Waals surface area contributed by atoms with Gasteiger partial charge in [-0.15, -0.1) is 0 Å². The second-order valence-corrected chi connectivity index (χ2v) is 4.67. The van der Waals surface area contributed by atoms with Gasteiger partial charge in [0.25, 0.3) is 0 Å². The van der Waals surface area contributed by atoms with Crippen molar-refractivity contribution < 1.29 is 8.94 Å². The summed E-state index contributed by atoms with van der Waals surface area (Å²) >= 11 is 0. The second-order valence-electron chi connectivity index (χ2n) is 4.67. The molecule has 3 heteroatoms. The Balaban J connectivity index is 1.68. The van der Waals surface area contributed by atoms with Crippen molar-refractivity contribution in [1.29, 1.82) is 0 Å². The fourth-order valence-electron chi connectivity index (χ4n) is 2.09. The van der Waals surface area contributed by atoms with Crippen LogP contribution in [0.2, 0.25) is 0 Å². The smallest absolute Gasteiger partial charge is 0.124 e. The zero-order chi connectivity index (χ0) is 13.1. The average molecular weight is 253 g/mol. The van der Waals surface area contributed by atoms with E-state index in [4.69, 9.17) is 8.94 Å². The van der Waals surface area contributed by atoms with E-state index in [9.17, 15) is 0 Å². The summed E-state index contributed by atoms with van der Waals surface area (Å²) in [5.41, 5.74) is 3.43. The first kappa shape index (κ1) is 11.8. The van der Waals surface area contributed by atoms with E-state index in [-0.39, 0.29) is 0 Å². The number of benzene rings is 1. The number of rotatable bonds is 4. The van der Waals surface area contributed by atoms with Crippen LogP contribution in [-0.2, 0) is 12.8 Å². The van der Waals surface area contributed by atoms with E-state index in [1.165, 1.54) is 11.1 Å². The zero-order valence-electron chi connectivity index (χ0n) is 10.8. The molecule has 0 spiro atoms. The Morgan fingerprint density at radius 1 is 0.895 bits per heavy atom. The molecule has 0 aliphatic heterocycles. The van der Waals surface area contributed by atoms with Gasteiger partial charge in [0.05, 0.1) is 5.69 Å². The van der Waals surface area contributed by atoms with Crippen molar-refractivity contribution in [3.8, 4) is 0 Å². The van der Waals surface area contributed by atoms with E-state index in [0.717, 1.165) is 30.1 Å². The second kappa shape index (κ2) is 5.14. The maximum absolute atomic E-state index is 5.58. The Bertz CT molecular complexity index is 636. The van der Waals surface area contributed by atoms with Crippen molar-refractivity contribution in [2.45, 2.75) is 19.8 Å². The summed E-state index contributed by atoms with van der Waals surface area (Å²) in [6.07, 6.45) is 3.23. The summed E-state index contributed by atoms with van der Waals surface area (Å²) < 4.78 is 10.4. The third-order valence-corrected chi connectivity index (χ3v) is 3.07. The first-order chi connectivity index (χ1) is 9.29. The Morgan fingerprint density at radius 3 is 2.21 bits per heavy atom. The van der Waals surface area contributed by atoms with Gasteiger partial charge in [0, 0.05) is 18.9 Å². The fourth-order valence-corrected chi connectivity index (χ4v) is 2.09.